The summed E-state index contributed by atoms with van der Waals surface area (Å²) in [6.07, 6.45) is 10.3. The first-order valence-electron chi connectivity index (χ1n) is 11.7. The monoisotopic (exact) mass is 456 g/mol. The number of hydrogen-bond donors (Lipinski definition) is 2. The fourth-order valence-corrected chi connectivity index (χ4v) is 4.82. The summed E-state index contributed by atoms with van der Waals surface area (Å²) in [4.78, 5) is 51.1. The highest BCUT2D eigenvalue weighted by molar-refractivity contribution is 6.11. The first-order valence-corrected chi connectivity index (χ1v) is 11.7. The topological polar surface area (TPSA) is 113 Å². The van der Waals surface area contributed by atoms with E-state index >= 15 is 0 Å². The second-order valence-electron chi connectivity index (χ2n) is 9.01. The molecular formula is C25H24N6O3. The SMILES string of the molecule is O=C(Nc1ccc(N2CCCCC2)c2ccncc12)c1cnc2c(c1)c(=O)[nH]c(=O)n2C1CC1. The van der Waals surface area contributed by atoms with Gasteiger partial charge in [0.15, 0.2) is 0 Å². The zero-order valence-electron chi connectivity index (χ0n) is 18.6. The molecule has 2 N–H and O–H groups in total. The van der Waals surface area contributed by atoms with E-state index in [2.05, 4.69) is 25.2 Å². The minimum Gasteiger partial charge on any atom is -0.371 e. The van der Waals surface area contributed by atoms with Gasteiger partial charge < -0.3 is 10.2 Å². The molecule has 3 aromatic heterocycles. The highest BCUT2D eigenvalue weighted by Crippen LogP contribution is 2.35. The van der Waals surface area contributed by atoms with E-state index in [1.165, 1.54) is 36.1 Å². The van der Waals surface area contributed by atoms with Gasteiger partial charge >= 0.3 is 5.69 Å². The predicted octanol–water partition coefficient (Wildman–Crippen LogP) is 3.21. The molecule has 2 aliphatic rings. The lowest BCUT2D eigenvalue weighted by Gasteiger charge is -2.30. The Bertz CT molecular complexity index is 1550. The van der Waals surface area contributed by atoms with Crippen molar-refractivity contribution in [3.05, 3.63) is 69.3 Å². The molecule has 0 bridgehead atoms. The zero-order chi connectivity index (χ0) is 23.2. The molecule has 1 aliphatic carbocycles. The highest BCUT2D eigenvalue weighted by Gasteiger charge is 2.28. The maximum Gasteiger partial charge on any atom is 0.330 e. The van der Waals surface area contributed by atoms with Gasteiger partial charge in [-0.2, -0.15) is 0 Å². The van der Waals surface area contributed by atoms with Crippen LogP contribution in [0, 0.1) is 0 Å². The van der Waals surface area contributed by atoms with Crippen LogP contribution in [-0.4, -0.2) is 38.5 Å². The molecule has 0 atom stereocenters. The van der Waals surface area contributed by atoms with Crippen LogP contribution >= 0.6 is 0 Å². The minimum absolute atomic E-state index is 0.0521. The first kappa shape index (κ1) is 20.6. The number of fused-ring (bicyclic) bond motifs is 2. The molecule has 0 radical (unpaired) electrons. The van der Waals surface area contributed by atoms with Gasteiger partial charge in [0, 0.05) is 54.2 Å². The van der Waals surface area contributed by atoms with Crippen LogP contribution in [0.1, 0.15) is 48.5 Å². The van der Waals surface area contributed by atoms with Gasteiger partial charge in [-0.1, -0.05) is 0 Å². The summed E-state index contributed by atoms with van der Waals surface area (Å²) in [5.41, 5.74) is 1.35. The van der Waals surface area contributed by atoms with Crippen molar-refractivity contribution in [2.45, 2.75) is 38.1 Å². The Labute approximate surface area is 194 Å². The standard InChI is InChI=1S/C25H24N6O3/c32-23(15-12-18-22(27-13-15)31(16-4-5-16)25(34)29-24(18)33)28-20-6-7-21(30-10-2-1-3-11-30)17-8-9-26-14-19(17)20/h6-9,12-14,16H,1-5,10-11H2,(H,28,32)(H,29,33,34). The number of anilines is 2. The van der Waals surface area contributed by atoms with Crippen LogP contribution in [0.2, 0.25) is 0 Å². The Kier molecular flexibility index (Phi) is 4.90. The van der Waals surface area contributed by atoms with E-state index in [1.54, 1.807) is 12.4 Å². The minimum atomic E-state index is -0.542. The van der Waals surface area contributed by atoms with Crippen LogP contribution in [-0.2, 0) is 0 Å². The number of piperidine rings is 1. The average molecular weight is 457 g/mol. The van der Waals surface area contributed by atoms with Gasteiger partial charge in [-0.25, -0.2) is 9.78 Å². The Balaban J connectivity index is 1.36. The van der Waals surface area contributed by atoms with Crippen molar-refractivity contribution in [1.82, 2.24) is 19.5 Å². The number of rotatable bonds is 4. The maximum absolute atomic E-state index is 13.1. The lowest BCUT2D eigenvalue weighted by atomic mass is 10.0. The van der Waals surface area contributed by atoms with Crippen LogP contribution in [0.15, 0.2) is 52.4 Å². The second-order valence-corrected chi connectivity index (χ2v) is 9.01. The lowest BCUT2D eigenvalue weighted by Crippen LogP contribution is -2.30. The van der Waals surface area contributed by atoms with Gasteiger partial charge in [0.2, 0.25) is 0 Å². The number of amides is 1. The smallest absolute Gasteiger partial charge is 0.330 e. The molecule has 0 spiro atoms. The quantitative estimate of drug-likeness (QED) is 0.488. The molecule has 4 heterocycles. The summed E-state index contributed by atoms with van der Waals surface area (Å²) in [5, 5.41) is 5.08. The Morgan fingerprint density at radius 2 is 1.82 bits per heavy atom. The fraction of sp³-hybridized carbons (Fsp3) is 0.320. The molecule has 1 aromatic carbocycles. The van der Waals surface area contributed by atoms with Crippen molar-refractivity contribution in [2.75, 3.05) is 23.3 Å². The van der Waals surface area contributed by atoms with Gasteiger partial charge in [0.1, 0.15) is 5.65 Å². The number of pyridine rings is 2. The van der Waals surface area contributed by atoms with Gasteiger partial charge in [-0.15, -0.1) is 0 Å². The van der Waals surface area contributed by atoms with Crippen LogP contribution < -0.4 is 21.5 Å². The molecule has 4 aromatic rings. The summed E-state index contributed by atoms with van der Waals surface area (Å²) in [5.74, 6) is -0.381. The van der Waals surface area contributed by atoms with E-state index in [4.69, 9.17) is 0 Å². The van der Waals surface area contributed by atoms with E-state index < -0.39 is 11.2 Å². The van der Waals surface area contributed by atoms with Crippen molar-refractivity contribution in [3.8, 4) is 0 Å². The number of H-pyrrole nitrogens is 1. The molecule has 1 amide bonds. The van der Waals surface area contributed by atoms with E-state index in [9.17, 15) is 14.4 Å². The molecule has 9 nitrogen and oxygen atoms in total. The van der Waals surface area contributed by atoms with E-state index in [0.717, 1.165) is 42.4 Å². The van der Waals surface area contributed by atoms with Crippen LogP contribution in [0.4, 0.5) is 11.4 Å². The third-order valence-electron chi connectivity index (χ3n) is 6.69. The fourth-order valence-electron chi connectivity index (χ4n) is 4.82. The lowest BCUT2D eigenvalue weighted by molar-refractivity contribution is 0.102. The van der Waals surface area contributed by atoms with Gasteiger partial charge in [-0.3, -0.25) is 24.1 Å². The summed E-state index contributed by atoms with van der Waals surface area (Å²) < 4.78 is 1.51. The van der Waals surface area contributed by atoms with Gasteiger partial charge in [-0.05, 0) is 56.4 Å². The molecule has 1 saturated heterocycles. The number of nitrogens with one attached hydrogen (secondary N) is 2. The molecule has 34 heavy (non-hydrogen) atoms. The number of nitrogens with zero attached hydrogens (tertiary/aromatic N) is 4. The van der Waals surface area contributed by atoms with Gasteiger partial charge in [0.05, 0.1) is 16.6 Å². The number of aromatic nitrogens is 4. The van der Waals surface area contributed by atoms with Crippen LogP contribution in [0.5, 0.6) is 0 Å². The van der Waals surface area contributed by atoms with Crippen molar-refractivity contribution in [1.29, 1.82) is 0 Å². The van der Waals surface area contributed by atoms with Crippen molar-refractivity contribution in [2.24, 2.45) is 0 Å². The van der Waals surface area contributed by atoms with Crippen molar-refractivity contribution in [3.63, 3.8) is 0 Å². The Morgan fingerprint density at radius 1 is 1.00 bits per heavy atom. The summed E-state index contributed by atoms with van der Waals surface area (Å²) in [6.45, 7) is 2.04. The Hall–Kier alpha value is -4.01. The third-order valence-corrected chi connectivity index (χ3v) is 6.69. The number of hydrogen-bond acceptors (Lipinski definition) is 6. The average Bonchev–Trinajstić information content (AvgIpc) is 3.70. The normalized spacial score (nSPS) is 16.2. The van der Waals surface area contributed by atoms with Crippen LogP contribution in [0.3, 0.4) is 0 Å². The second kappa shape index (κ2) is 8.09. The van der Waals surface area contributed by atoms with E-state index in [-0.39, 0.29) is 22.9 Å². The molecule has 0 unspecified atom stereocenters. The molecular weight excluding hydrogens is 432 g/mol. The summed E-state index contributed by atoms with van der Waals surface area (Å²) in [7, 11) is 0. The number of benzene rings is 1. The molecule has 9 heteroatoms. The van der Waals surface area contributed by atoms with Crippen molar-refractivity contribution < 1.29 is 4.79 Å². The van der Waals surface area contributed by atoms with Gasteiger partial charge in [0.25, 0.3) is 11.5 Å². The highest BCUT2D eigenvalue weighted by atomic mass is 16.2. The largest absolute Gasteiger partial charge is 0.371 e. The van der Waals surface area contributed by atoms with E-state index in [0.29, 0.717) is 11.3 Å². The number of carbonyl (C=O) groups is 1. The first-order chi connectivity index (χ1) is 16.6. The molecule has 2 fully saturated rings. The number of carbonyl (C=O) groups excluding carboxylic acids is 1. The summed E-state index contributed by atoms with van der Waals surface area (Å²) in [6, 6.07) is 7.47. The number of aromatic amines is 1. The molecule has 1 saturated carbocycles. The maximum atomic E-state index is 13.1. The molecule has 172 valence electrons. The van der Waals surface area contributed by atoms with Crippen molar-refractivity contribution >= 4 is 39.1 Å². The summed E-state index contributed by atoms with van der Waals surface area (Å²) >= 11 is 0. The van der Waals surface area contributed by atoms with Crippen LogP contribution in [0.25, 0.3) is 21.8 Å². The van der Waals surface area contributed by atoms with E-state index in [1.807, 2.05) is 18.2 Å². The zero-order valence-corrected chi connectivity index (χ0v) is 18.6. The predicted molar refractivity (Wildman–Crippen MR) is 131 cm³/mol. The third kappa shape index (κ3) is 3.53. The molecule has 1 aliphatic heterocycles. The molecule has 6 rings (SSSR count). The Morgan fingerprint density at radius 3 is 2.62 bits per heavy atom.